The maximum absolute atomic E-state index is 13.3. The zero-order valence-corrected chi connectivity index (χ0v) is 21.8. The van der Waals surface area contributed by atoms with Crippen LogP contribution in [0.2, 0.25) is 0 Å². The SMILES string of the molecule is CCNCCNC(=O)CN(CC(=O)N(C)N1Cc2ccccc2C1)c1cc(C(C)=O)ccc1C.Cl. The molecule has 1 heterocycles. The van der Waals surface area contributed by atoms with Gasteiger partial charge >= 0.3 is 0 Å². The Hall–Kier alpha value is -2.94. The van der Waals surface area contributed by atoms with Crippen LogP contribution < -0.4 is 15.5 Å². The molecule has 0 saturated heterocycles. The fourth-order valence-corrected chi connectivity index (χ4v) is 4.04. The average molecular weight is 502 g/mol. The van der Waals surface area contributed by atoms with Crippen molar-refractivity contribution in [1.29, 1.82) is 0 Å². The van der Waals surface area contributed by atoms with Crippen molar-refractivity contribution in [1.82, 2.24) is 20.7 Å². The quantitative estimate of drug-likeness (QED) is 0.363. The molecule has 2 N–H and O–H groups in total. The van der Waals surface area contributed by atoms with E-state index in [1.807, 2.05) is 37.1 Å². The fraction of sp³-hybridized carbons (Fsp3) is 0.423. The summed E-state index contributed by atoms with van der Waals surface area (Å²) < 4.78 is 0. The van der Waals surface area contributed by atoms with Crippen LogP contribution in [0.3, 0.4) is 0 Å². The van der Waals surface area contributed by atoms with Gasteiger partial charge in [-0.1, -0.05) is 43.3 Å². The van der Waals surface area contributed by atoms with Crippen LogP contribution in [0.4, 0.5) is 5.69 Å². The summed E-state index contributed by atoms with van der Waals surface area (Å²) in [7, 11) is 1.77. The Morgan fingerprint density at radius 2 is 1.66 bits per heavy atom. The Morgan fingerprint density at radius 3 is 2.26 bits per heavy atom. The highest BCUT2D eigenvalue weighted by molar-refractivity contribution is 5.96. The molecule has 0 unspecified atom stereocenters. The van der Waals surface area contributed by atoms with Crippen LogP contribution in [0.1, 0.15) is 40.9 Å². The van der Waals surface area contributed by atoms with Gasteiger partial charge in [-0.15, -0.1) is 12.4 Å². The molecule has 8 nitrogen and oxygen atoms in total. The summed E-state index contributed by atoms with van der Waals surface area (Å²) in [6, 6.07) is 13.6. The van der Waals surface area contributed by atoms with E-state index >= 15 is 0 Å². The van der Waals surface area contributed by atoms with E-state index in [0.29, 0.717) is 37.4 Å². The first kappa shape index (κ1) is 28.3. The molecule has 0 saturated carbocycles. The van der Waals surface area contributed by atoms with Crippen LogP contribution in [0.25, 0.3) is 0 Å². The summed E-state index contributed by atoms with van der Waals surface area (Å²) in [5, 5.41) is 9.71. The number of halogens is 1. The van der Waals surface area contributed by atoms with Gasteiger partial charge in [-0.3, -0.25) is 19.4 Å². The molecule has 0 aromatic heterocycles. The molecule has 0 spiro atoms. The van der Waals surface area contributed by atoms with Crippen molar-refractivity contribution in [2.75, 3.05) is 44.7 Å². The largest absolute Gasteiger partial charge is 0.353 e. The zero-order valence-electron chi connectivity index (χ0n) is 21.0. The third-order valence-corrected chi connectivity index (χ3v) is 6.10. The minimum absolute atomic E-state index is 0. The molecular formula is C26H36ClN5O3. The number of hydrogen-bond acceptors (Lipinski definition) is 6. The lowest BCUT2D eigenvalue weighted by molar-refractivity contribution is -0.145. The molecule has 2 amide bonds. The molecule has 0 aliphatic carbocycles. The first-order valence-electron chi connectivity index (χ1n) is 11.7. The van der Waals surface area contributed by atoms with Gasteiger partial charge < -0.3 is 15.5 Å². The fourth-order valence-electron chi connectivity index (χ4n) is 4.04. The lowest BCUT2D eigenvalue weighted by atomic mass is 10.1. The number of nitrogens with one attached hydrogen (secondary N) is 2. The second-order valence-corrected chi connectivity index (χ2v) is 8.63. The highest BCUT2D eigenvalue weighted by atomic mass is 35.5. The lowest BCUT2D eigenvalue weighted by Gasteiger charge is -2.32. The maximum Gasteiger partial charge on any atom is 0.256 e. The summed E-state index contributed by atoms with van der Waals surface area (Å²) >= 11 is 0. The number of benzene rings is 2. The molecule has 0 fully saturated rings. The van der Waals surface area contributed by atoms with E-state index in [-0.39, 0.29) is 43.1 Å². The topological polar surface area (TPSA) is 85.0 Å². The maximum atomic E-state index is 13.3. The van der Waals surface area contributed by atoms with Crippen LogP contribution in [-0.4, -0.2) is 67.4 Å². The van der Waals surface area contributed by atoms with Crippen molar-refractivity contribution >= 4 is 35.7 Å². The molecule has 2 aromatic rings. The van der Waals surface area contributed by atoms with E-state index < -0.39 is 0 Å². The standard InChI is InChI=1S/C26H35N5O3.ClH/c1-5-27-12-13-28-25(33)17-30(24-14-21(20(3)32)11-10-19(24)2)18-26(34)29(4)31-15-22-8-6-7-9-23(22)16-31;/h6-11,14,27H,5,12-13,15-18H2,1-4H3,(H,28,33);1H. The number of fused-ring (bicyclic) bond motifs is 1. The van der Waals surface area contributed by atoms with Gasteiger partial charge in [0, 0.05) is 44.5 Å². The number of anilines is 1. The monoisotopic (exact) mass is 501 g/mol. The van der Waals surface area contributed by atoms with Gasteiger partial charge in [0.2, 0.25) is 5.91 Å². The van der Waals surface area contributed by atoms with Crippen molar-refractivity contribution in [2.24, 2.45) is 0 Å². The number of amides is 2. The normalized spacial score (nSPS) is 12.5. The van der Waals surface area contributed by atoms with Crippen molar-refractivity contribution in [3.63, 3.8) is 0 Å². The Bertz CT molecular complexity index is 1020. The third-order valence-electron chi connectivity index (χ3n) is 6.10. The van der Waals surface area contributed by atoms with E-state index in [1.165, 1.54) is 18.1 Å². The van der Waals surface area contributed by atoms with Crippen molar-refractivity contribution in [3.05, 3.63) is 64.7 Å². The molecule has 0 radical (unpaired) electrons. The third kappa shape index (κ3) is 7.52. The number of nitrogens with zero attached hydrogens (tertiary/aromatic N) is 3. The smallest absolute Gasteiger partial charge is 0.256 e. The number of rotatable bonds is 11. The van der Waals surface area contributed by atoms with Gasteiger partial charge in [0.25, 0.3) is 5.91 Å². The Balaban J connectivity index is 0.00000432. The number of carbonyl (C=O) groups is 3. The van der Waals surface area contributed by atoms with E-state index in [9.17, 15) is 14.4 Å². The van der Waals surface area contributed by atoms with E-state index in [1.54, 1.807) is 29.1 Å². The molecule has 1 aliphatic heterocycles. The number of likely N-dealkylation sites (N-methyl/N-ethyl adjacent to an activating group) is 2. The number of hydrazine groups is 1. The number of Topliss-reactive ketones (excluding diaryl/α,β-unsaturated/α-hetero) is 1. The molecule has 0 bridgehead atoms. The van der Waals surface area contributed by atoms with Gasteiger partial charge in [0.1, 0.15) is 0 Å². The van der Waals surface area contributed by atoms with Crippen LogP contribution >= 0.6 is 12.4 Å². The van der Waals surface area contributed by atoms with Crippen LogP contribution in [0.15, 0.2) is 42.5 Å². The first-order valence-corrected chi connectivity index (χ1v) is 11.7. The minimum atomic E-state index is -0.172. The molecule has 3 rings (SSSR count). The summed E-state index contributed by atoms with van der Waals surface area (Å²) in [5.74, 6) is -0.356. The number of hydrogen-bond donors (Lipinski definition) is 2. The van der Waals surface area contributed by atoms with E-state index in [4.69, 9.17) is 0 Å². The van der Waals surface area contributed by atoms with Gasteiger partial charge in [0.15, 0.2) is 5.78 Å². The van der Waals surface area contributed by atoms with Crippen LogP contribution in [0, 0.1) is 6.92 Å². The van der Waals surface area contributed by atoms with E-state index in [0.717, 1.165) is 12.1 Å². The van der Waals surface area contributed by atoms with Crippen LogP contribution in [-0.2, 0) is 22.7 Å². The molecule has 9 heteroatoms. The number of aryl methyl sites for hydroxylation is 1. The summed E-state index contributed by atoms with van der Waals surface area (Å²) in [5.41, 5.74) is 4.58. The second kappa shape index (κ2) is 13.2. The number of carbonyl (C=O) groups excluding carboxylic acids is 3. The average Bonchev–Trinajstić information content (AvgIpc) is 3.25. The molecule has 2 aromatic carbocycles. The predicted octanol–water partition coefficient (Wildman–Crippen LogP) is 2.54. The summed E-state index contributed by atoms with van der Waals surface area (Å²) in [6.45, 7) is 8.84. The summed E-state index contributed by atoms with van der Waals surface area (Å²) in [4.78, 5) is 39.7. The van der Waals surface area contributed by atoms with E-state index in [2.05, 4.69) is 22.8 Å². The molecular weight excluding hydrogens is 466 g/mol. The van der Waals surface area contributed by atoms with Gasteiger partial charge in [-0.25, -0.2) is 5.01 Å². The van der Waals surface area contributed by atoms with Gasteiger partial charge in [-0.2, -0.15) is 0 Å². The van der Waals surface area contributed by atoms with Crippen molar-refractivity contribution in [2.45, 2.75) is 33.9 Å². The minimum Gasteiger partial charge on any atom is -0.353 e. The Kier molecular flexibility index (Phi) is 10.7. The lowest BCUT2D eigenvalue weighted by Crippen LogP contribution is -2.48. The van der Waals surface area contributed by atoms with Crippen molar-refractivity contribution in [3.8, 4) is 0 Å². The Morgan fingerprint density at radius 1 is 1.00 bits per heavy atom. The molecule has 35 heavy (non-hydrogen) atoms. The Labute approximate surface area is 214 Å². The molecule has 0 atom stereocenters. The van der Waals surface area contributed by atoms with Gasteiger partial charge in [0.05, 0.1) is 13.1 Å². The predicted molar refractivity (Wildman–Crippen MR) is 141 cm³/mol. The van der Waals surface area contributed by atoms with Crippen LogP contribution in [0.5, 0.6) is 0 Å². The first-order chi connectivity index (χ1) is 16.3. The highest BCUT2D eigenvalue weighted by Crippen LogP contribution is 2.25. The van der Waals surface area contributed by atoms with Gasteiger partial charge in [-0.05, 0) is 43.1 Å². The second-order valence-electron chi connectivity index (χ2n) is 8.63. The summed E-state index contributed by atoms with van der Waals surface area (Å²) in [6.07, 6.45) is 0. The van der Waals surface area contributed by atoms with Crippen molar-refractivity contribution < 1.29 is 14.4 Å². The highest BCUT2D eigenvalue weighted by Gasteiger charge is 2.27. The zero-order chi connectivity index (χ0) is 24.7. The molecule has 190 valence electrons. The molecule has 1 aliphatic rings. The number of ketones is 1.